The first kappa shape index (κ1) is 21.9. The summed E-state index contributed by atoms with van der Waals surface area (Å²) in [4.78, 5) is 15.9. The molecule has 0 fully saturated rings. The molecule has 0 aliphatic heterocycles. The Hall–Kier alpha value is -2.43. The van der Waals surface area contributed by atoms with Gasteiger partial charge in [0.1, 0.15) is 22.9 Å². The average Bonchev–Trinajstić information content (AvgIpc) is 2.60. The van der Waals surface area contributed by atoms with Crippen molar-refractivity contribution in [3.05, 3.63) is 47.9 Å². The molecule has 152 valence electrons. The minimum absolute atomic E-state index is 0.136. The number of aryl methyl sites for hydroxylation is 1. The van der Waals surface area contributed by atoms with Gasteiger partial charge in [-0.15, -0.1) is 0 Å². The lowest BCUT2D eigenvalue weighted by molar-refractivity contribution is -0.154. The Morgan fingerprint density at radius 2 is 1.71 bits per heavy atom. The highest BCUT2D eigenvalue weighted by Gasteiger charge is 2.15. The lowest BCUT2D eigenvalue weighted by Crippen LogP contribution is -2.23. The maximum atomic E-state index is 14.3. The van der Waals surface area contributed by atoms with E-state index in [9.17, 15) is 14.3 Å². The van der Waals surface area contributed by atoms with Crippen LogP contribution in [0.3, 0.4) is 0 Å². The molecule has 1 N–H and O–H groups in total. The fourth-order valence-corrected chi connectivity index (χ4v) is 2.97. The van der Waals surface area contributed by atoms with Crippen molar-refractivity contribution in [3.8, 4) is 17.0 Å². The van der Waals surface area contributed by atoms with Crippen molar-refractivity contribution in [2.24, 2.45) is 0 Å². The maximum Gasteiger partial charge on any atom is 0.306 e. The van der Waals surface area contributed by atoms with Crippen LogP contribution in [0.25, 0.3) is 11.3 Å². The molecule has 0 spiro atoms. The lowest BCUT2D eigenvalue weighted by Gasteiger charge is -2.19. The van der Waals surface area contributed by atoms with Crippen LogP contribution in [0.4, 0.5) is 4.39 Å². The molecule has 0 aliphatic rings. The number of carbonyl (C=O) groups excluding carboxylic acids is 1. The van der Waals surface area contributed by atoms with Gasteiger partial charge in [-0.3, -0.25) is 9.78 Å². The van der Waals surface area contributed by atoms with Crippen LogP contribution in [0.2, 0.25) is 0 Å². The van der Waals surface area contributed by atoms with E-state index < -0.39 is 5.60 Å². The summed E-state index contributed by atoms with van der Waals surface area (Å²) in [6.07, 6.45) is 7.84. The largest absolute Gasteiger partial charge is 0.508 e. The van der Waals surface area contributed by atoms with E-state index in [0.717, 1.165) is 44.1 Å². The van der Waals surface area contributed by atoms with Gasteiger partial charge in [0.15, 0.2) is 0 Å². The summed E-state index contributed by atoms with van der Waals surface area (Å²) in [5.74, 6) is -0.338. The van der Waals surface area contributed by atoms with Gasteiger partial charge < -0.3 is 9.84 Å². The third-order valence-electron chi connectivity index (χ3n) is 4.30. The van der Waals surface area contributed by atoms with Gasteiger partial charge in [-0.25, -0.2) is 4.39 Å². The minimum Gasteiger partial charge on any atom is -0.508 e. The molecule has 1 aromatic heterocycles. The number of ether oxygens (including phenoxy) is 1. The van der Waals surface area contributed by atoms with E-state index in [1.807, 2.05) is 20.8 Å². The summed E-state index contributed by atoms with van der Waals surface area (Å²) in [6.45, 7) is 5.62. The molecule has 0 unspecified atom stereocenters. The Bertz CT molecular complexity index is 766. The summed E-state index contributed by atoms with van der Waals surface area (Å²) in [5, 5.41) is 9.33. The van der Waals surface area contributed by atoms with Crippen molar-refractivity contribution < 1.29 is 19.0 Å². The molecule has 28 heavy (non-hydrogen) atoms. The van der Waals surface area contributed by atoms with Crippen LogP contribution in [-0.2, 0) is 16.0 Å². The standard InChI is InChI=1S/C23H30FNO3/c1-23(2,3)28-21(27)10-8-6-4-5-7-9-17-15-20(24)22(25-16-17)18-11-13-19(26)14-12-18/h11-16,26H,4-10H2,1-3H3. The number of benzene rings is 1. The molecular weight excluding hydrogens is 357 g/mol. The number of esters is 1. The van der Waals surface area contributed by atoms with Crippen LogP contribution in [0.5, 0.6) is 5.75 Å². The van der Waals surface area contributed by atoms with Gasteiger partial charge in [0.25, 0.3) is 0 Å². The van der Waals surface area contributed by atoms with Crippen molar-refractivity contribution in [1.29, 1.82) is 0 Å². The van der Waals surface area contributed by atoms with E-state index in [-0.39, 0.29) is 17.5 Å². The van der Waals surface area contributed by atoms with Gasteiger partial charge in [0, 0.05) is 18.2 Å². The number of hydrogen-bond donors (Lipinski definition) is 1. The van der Waals surface area contributed by atoms with Gasteiger partial charge in [0.05, 0.1) is 0 Å². The van der Waals surface area contributed by atoms with E-state index >= 15 is 0 Å². The Kier molecular flexibility index (Phi) is 7.97. The van der Waals surface area contributed by atoms with Crippen LogP contribution < -0.4 is 0 Å². The monoisotopic (exact) mass is 387 g/mol. The first-order valence-corrected chi connectivity index (χ1v) is 9.90. The number of phenolic OH excluding ortho intramolecular Hbond substituents is 1. The highest BCUT2D eigenvalue weighted by Crippen LogP contribution is 2.23. The number of aromatic hydroxyl groups is 1. The molecule has 0 aliphatic carbocycles. The first-order valence-electron chi connectivity index (χ1n) is 9.90. The SMILES string of the molecule is CC(C)(C)OC(=O)CCCCCCCc1cnc(-c2ccc(O)cc2)c(F)c1. The highest BCUT2D eigenvalue weighted by atomic mass is 19.1. The molecule has 0 radical (unpaired) electrons. The van der Waals surface area contributed by atoms with Crippen molar-refractivity contribution in [3.63, 3.8) is 0 Å². The predicted octanol–water partition coefficient (Wildman–Crippen LogP) is 5.82. The number of rotatable bonds is 9. The van der Waals surface area contributed by atoms with Gasteiger partial charge in [0.2, 0.25) is 0 Å². The second-order valence-corrected chi connectivity index (χ2v) is 8.08. The minimum atomic E-state index is -0.418. The number of nitrogens with zero attached hydrogens (tertiary/aromatic N) is 1. The first-order chi connectivity index (χ1) is 13.2. The van der Waals surface area contributed by atoms with Crippen molar-refractivity contribution in [2.75, 3.05) is 0 Å². The summed E-state index contributed by atoms with van der Waals surface area (Å²) < 4.78 is 19.6. The predicted molar refractivity (Wildman–Crippen MR) is 109 cm³/mol. The Labute approximate surface area is 166 Å². The van der Waals surface area contributed by atoms with Gasteiger partial charge in [-0.05, 0) is 75.9 Å². The second-order valence-electron chi connectivity index (χ2n) is 8.08. The quantitative estimate of drug-likeness (QED) is 0.435. The molecule has 2 rings (SSSR count). The lowest BCUT2D eigenvalue weighted by atomic mass is 10.0. The molecule has 0 saturated heterocycles. The van der Waals surface area contributed by atoms with Crippen LogP contribution in [0.15, 0.2) is 36.5 Å². The molecule has 2 aromatic rings. The summed E-state index contributed by atoms with van der Waals surface area (Å²) in [6, 6.07) is 7.88. The van der Waals surface area contributed by atoms with Gasteiger partial charge >= 0.3 is 5.97 Å². The molecule has 0 amide bonds. The zero-order chi connectivity index (χ0) is 20.6. The van der Waals surface area contributed by atoms with Crippen LogP contribution in [-0.4, -0.2) is 21.7 Å². The molecule has 5 heteroatoms. The molecular formula is C23H30FNO3. The van der Waals surface area contributed by atoms with Crippen molar-refractivity contribution in [1.82, 2.24) is 4.98 Å². The van der Waals surface area contributed by atoms with Gasteiger partial charge in [-0.1, -0.05) is 19.3 Å². The zero-order valence-electron chi connectivity index (χ0n) is 17.0. The molecule has 1 heterocycles. The fourth-order valence-electron chi connectivity index (χ4n) is 2.97. The van der Waals surface area contributed by atoms with E-state index in [1.165, 1.54) is 18.2 Å². The number of carbonyl (C=O) groups is 1. The number of phenols is 1. The number of pyridine rings is 1. The Morgan fingerprint density at radius 1 is 1.07 bits per heavy atom. The maximum absolute atomic E-state index is 14.3. The molecule has 1 aromatic carbocycles. The van der Waals surface area contributed by atoms with Gasteiger partial charge in [-0.2, -0.15) is 0 Å². The normalized spacial score (nSPS) is 11.4. The third-order valence-corrected chi connectivity index (χ3v) is 4.30. The van der Waals surface area contributed by atoms with E-state index in [1.54, 1.807) is 18.3 Å². The van der Waals surface area contributed by atoms with E-state index in [4.69, 9.17) is 4.74 Å². The average molecular weight is 387 g/mol. The fraction of sp³-hybridized carbons (Fsp3) is 0.478. The molecule has 0 bridgehead atoms. The van der Waals surface area contributed by atoms with Crippen LogP contribution >= 0.6 is 0 Å². The zero-order valence-corrected chi connectivity index (χ0v) is 17.0. The number of hydrogen-bond acceptors (Lipinski definition) is 4. The second kappa shape index (κ2) is 10.2. The summed E-state index contributed by atoms with van der Waals surface area (Å²) >= 11 is 0. The smallest absolute Gasteiger partial charge is 0.306 e. The highest BCUT2D eigenvalue weighted by molar-refractivity contribution is 5.69. The number of aromatic nitrogens is 1. The van der Waals surface area contributed by atoms with Crippen LogP contribution in [0, 0.1) is 5.82 Å². The summed E-state index contributed by atoms with van der Waals surface area (Å²) in [5.41, 5.74) is 1.41. The Balaban J connectivity index is 1.67. The van der Waals surface area contributed by atoms with Crippen molar-refractivity contribution >= 4 is 5.97 Å². The number of unbranched alkanes of at least 4 members (excludes halogenated alkanes) is 4. The number of halogens is 1. The summed E-state index contributed by atoms with van der Waals surface area (Å²) in [7, 11) is 0. The van der Waals surface area contributed by atoms with Crippen molar-refractivity contribution in [2.45, 2.75) is 71.3 Å². The molecule has 0 saturated carbocycles. The van der Waals surface area contributed by atoms with Crippen LogP contribution in [0.1, 0.15) is 64.9 Å². The third kappa shape index (κ3) is 7.67. The Morgan fingerprint density at radius 3 is 2.36 bits per heavy atom. The topological polar surface area (TPSA) is 59.4 Å². The van der Waals surface area contributed by atoms with E-state index in [2.05, 4.69) is 4.98 Å². The molecule has 0 atom stereocenters. The van der Waals surface area contributed by atoms with E-state index in [0.29, 0.717) is 17.7 Å². The molecule has 4 nitrogen and oxygen atoms in total.